The van der Waals surface area contributed by atoms with Gasteiger partial charge in [0.15, 0.2) is 4.44 Å². The number of nitrogens with one attached hydrogen (secondary N) is 1. The van der Waals surface area contributed by atoms with Gasteiger partial charge >= 0.3 is 11.8 Å². The van der Waals surface area contributed by atoms with E-state index >= 15 is 0 Å². The van der Waals surface area contributed by atoms with Gasteiger partial charge in [0.25, 0.3) is 0 Å². The van der Waals surface area contributed by atoms with Gasteiger partial charge in [-0.1, -0.05) is 0 Å². The summed E-state index contributed by atoms with van der Waals surface area (Å²) in [6.45, 7) is 0. The third-order valence-corrected chi connectivity index (χ3v) is 0.270. The number of tetrazole rings is 1. The van der Waals surface area contributed by atoms with Crippen LogP contribution in [0, 0.1) is 10.1 Å². The van der Waals surface area contributed by atoms with E-state index < -0.39 is 4.44 Å². The summed E-state index contributed by atoms with van der Waals surface area (Å²) in [5.74, 6) is 0. The Balaban J connectivity index is 0.000000148. The molecule has 0 amide bonds. The standard InChI is InChI=1S/CH2N4.ClNO2/c1-2-4-5-3-1;1-2(3)4/h1H,(H,2,3,4,5);. The highest BCUT2D eigenvalue weighted by atomic mass is 35.5. The summed E-state index contributed by atoms with van der Waals surface area (Å²) in [7, 11) is 0. The molecule has 9 heavy (non-hydrogen) atoms. The van der Waals surface area contributed by atoms with Gasteiger partial charge in [-0.25, -0.2) is 15.2 Å². The van der Waals surface area contributed by atoms with Crippen LogP contribution in [-0.4, -0.2) is 25.1 Å². The lowest BCUT2D eigenvalue weighted by Gasteiger charge is -1.54. The van der Waals surface area contributed by atoms with Gasteiger partial charge in [0.2, 0.25) is 0 Å². The van der Waals surface area contributed by atoms with Gasteiger partial charge in [0.1, 0.15) is 6.33 Å². The zero-order chi connectivity index (χ0) is 7.11. The third kappa shape index (κ3) is 10.8. The number of aromatic amines is 1. The molecule has 0 saturated carbocycles. The van der Waals surface area contributed by atoms with Crippen LogP contribution in [0.15, 0.2) is 6.33 Å². The average molecular weight is 152 g/mol. The first-order chi connectivity index (χ1) is 4.23. The van der Waals surface area contributed by atoms with Crippen molar-refractivity contribution in [3.63, 3.8) is 0 Å². The lowest BCUT2D eigenvalue weighted by Crippen LogP contribution is -1.65. The van der Waals surface area contributed by atoms with Crippen molar-refractivity contribution in [1.82, 2.24) is 20.6 Å². The number of hydrogen-bond donors (Lipinski definition) is 1. The molecule has 0 unspecified atom stereocenters. The van der Waals surface area contributed by atoms with E-state index in [0.717, 1.165) is 0 Å². The molecule has 1 rings (SSSR count). The first kappa shape index (κ1) is 7.76. The van der Waals surface area contributed by atoms with Crippen LogP contribution in [0.2, 0.25) is 0 Å². The molecular weight excluding hydrogens is 149 g/mol. The molecule has 8 heteroatoms. The summed E-state index contributed by atoms with van der Waals surface area (Å²) in [5.41, 5.74) is 0. The van der Waals surface area contributed by atoms with Crippen LogP contribution in [0.3, 0.4) is 0 Å². The minimum absolute atomic E-state index is 1.03. The lowest BCUT2D eigenvalue weighted by atomic mass is 11.4. The maximum atomic E-state index is 8.57. The number of aromatic nitrogens is 4. The fourth-order valence-corrected chi connectivity index (χ4v) is 0.129. The van der Waals surface area contributed by atoms with Crippen molar-refractivity contribution in [3.8, 4) is 0 Å². The molecule has 0 saturated heterocycles. The first-order valence-electron chi connectivity index (χ1n) is 1.70. The fraction of sp³-hybridized carbons (Fsp3) is 0. The van der Waals surface area contributed by atoms with Gasteiger partial charge in [-0.05, 0) is 10.4 Å². The van der Waals surface area contributed by atoms with Gasteiger partial charge < -0.3 is 0 Å². The van der Waals surface area contributed by atoms with E-state index in [1.807, 2.05) is 0 Å². The molecule has 0 bridgehead atoms. The number of nitrogens with zero attached hydrogens (tertiary/aromatic N) is 4. The molecule has 0 aromatic carbocycles. The number of halogens is 1. The Labute approximate surface area is 54.3 Å². The Morgan fingerprint density at radius 3 is 2.44 bits per heavy atom. The SMILES string of the molecule is O=[N+]([O-])Cl.c1nnn[nH]1. The third-order valence-electron chi connectivity index (χ3n) is 0.270. The molecule has 1 aromatic rings. The molecule has 0 aliphatic rings. The fourth-order valence-electron chi connectivity index (χ4n) is 0.129. The van der Waals surface area contributed by atoms with Gasteiger partial charge in [0.05, 0.1) is 0 Å². The predicted octanol–water partition coefficient (Wildman–Crippen LogP) is -0.383. The summed E-state index contributed by atoms with van der Waals surface area (Å²) in [5, 5.41) is 20.7. The maximum Gasteiger partial charge on any atom is 0.333 e. The number of rotatable bonds is 0. The normalized spacial score (nSPS) is 7.22. The van der Waals surface area contributed by atoms with E-state index in [9.17, 15) is 0 Å². The van der Waals surface area contributed by atoms with Crippen molar-refractivity contribution < 1.29 is 4.44 Å². The molecule has 0 fully saturated rings. The minimum Gasteiger partial charge on any atom is -0.246 e. The topological polar surface area (TPSA) is 97.6 Å². The first-order valence-corrected chi connectivity index (χ1v) is 2.04. The highest BCUT2D eigenvalue weighted by Crippen LogP contribution is 1.64. The molecular formula is CH2ClN5O2. The highest BCUT2D eigenvalue weighted by molar-refractivity contribution is 6.04. The Kier molecular flexibility index (Phi) is 4.23. The Morgan fingerprint density at radius 2 is 2.33 bits per heavy atom. The van der Waals surface area contributed by atoms with Crippen molar-refractivity contribution in [2.45, 2.75) is 0 Å². The summed E-state index contributed by atoms with van der Waals surface area (Å²) < 4.78 is -1.03. The number of hydrogen-bond acceptors (Lipinski definition) is 5. The Morgan fingerprint density at radius 1 is 1.78 bits per heavy atom. The van der Waals surface area contributed by atoms with Gasteiger partial charge in [-0.3, -0.25) is 0 Å². The molecule has 0 radical (unpaired) electrons. The van der Waals surface area contributed by atoms with E-state index in [1.165, 1.54) is 6.33 Å². The molecule has 0 aliphatic carbocycles. The van der Waals surface area contributed by atoms with Crippen molar-refractivity contribution in [1.29, 1.82) is 0 Å². The van der Waals surface area contributed by atoms with Crippen molar-refractivity contribution >= 4 is 11.8 Å². The van der Waals surface area contributed by atoms with Crippen molar-refractivity contribution in [2.24, 2.45) is 0 Å². The smallest absolute Gasteiger partial charge is 0.246 e. The van der Waals surface area contributed by atoms with Crippen LogP contribution in [-0.2, 0) is 0 Å². The van der Waals surface area contributed by atoms with Crippen LogP contribution in [0.25, 0.3) is 0 Å². The van der Waals surface area contributed by atoms with E-state index in [0.29, 0.717) is 0 Å². The average Bonchev–Trinajstić information content (AvgIpc) is 2.11. The van der Waals surface area contributed by atoms with Gasteiger partial charge in [-0.2, -0.15) is 0 Å². The van der Waals surface area contributed by atoms with Crippen molar-refractivity contribution in [2.75, 3.05) is 0 Å². The maximum absolute atomic E-state index is 8.57. The summed E-state index contributed by atoms with van der Waals surface area (Å²) in [4.78, 5) is 8.57. The monoisotopic (exact) mass is 151 g/mol. The molecule has 0 spiro atoms. The van der Waals surface area contributed by atoms with E-state index in [4.69, 9.17) is 10.1 Å². The van der Waals surface area contributed by atoms with Crippen molar-refractivity contribution in [3.05, 3.63) is 16.4 Å². The van der Waals surface area contributed by atoms with Crippen LogP contribution >= 0.6 is 11.8 Å². The minimum atomic E-state index is -1.03. The second-order valence-corrected chi connectivity index (χ2v) is 1.05. The van der Waals surface area contributed by atoms with E-state index in [2.05, 4.69) is 32.4 Å². The van der Waals surface area contributed by atoms with Gasteiger partial charge in [0, 0.05) is 0 Å². The molecule has 1 N–H and O–H groups in total. The van der Waals surface area contributed by atoms with Crippen LogP contribution < -0.4 is 0 Å². The van der Waals surface area contributed by atoms with E-state index in [-0.39, 0.29) is 0 Å². The summed E-state index contributed by atoms with van der Waals surface area (Å²) in [6.07, 6.45) is 1.40. The summed E-state index contributed by atoms with van der Waals surface area (Å²) >= 11 is 4.00. The summed E-state index contributed by atoms with van der Waals surface area (Å²) in [6, 6.07) is 0. The predicted molar refractivity (Wildman–Crippen MR) is 27.0 cm³/mol. The van der Waals surface area contributed by atoms with Crippen LogP contribution in [0.4, 0.5) is 0 Å². The van der Waals surface area contributed by atoms with E-state index in [1.54, 1.807) is 0 Å². The second kappa shape index (κ2) is 4.91. The molecule has 1 aromatic heterocycles. The molecule has 7 nitrogen and oxygen atoms in total. The van der Waals surface area contributed by atoms with Crippen LogP contribution in [0.5, 0.6) is 0 Å². The molecule has 50 valence electrons. The highest BCUT2D eigenvalue weighted by Gasteiger charge is 1.68. The zero-order valence-electron chi connectivity index (χ0n) is 4.06. The lowest BCUT2D eigenvalue weighted by molar-refractivity contribution is -0.310. The molecule has 0 aliphatic heterocycles. The molecule has 0 atom stereocenters. The Bertz CT molecular complexity index is 129. The number of nitro groups is 1. The quantitative estimate of drug-likeness (QED) is 0.310. The Hall–Kier alpha value is -1.24. The van der Waals surface area contributed by atoms with Gasteiger partial charge in [-0.15, -0.1) is 5.10 Å². The molecule has 1 heterocycles. The zero-order valence-corrected chi connectivity index (χ0v) is 4.82. The number of H-pyrrole nitrogens is 1. The van der Waals surface area contributed by atoms with Crippen LogP contribution in [0.1, 0.15) is 0 Å². The second-order valence-electron chi connectivity index (χ2n) is 0.776. The largest absolute Gasteiger partial charge is 0.333 e.